The smallest absolute Gasteiger partial charge is 0.287 e. The Morgan fingerprint density at radius 3 is 2.57 bits per heavy atom. The van der Waals surface area contributed by atoms with Crippen LogP contribution in [0.5, 0.6) is 0 Å². The number of nitrogens with one attached hydrogen (secondary N) is 2. The van der Waals surface area contributed by atoms with Gasteiger partial charge in [-0.15, -0.1) is 0 Å². The fraction of sp³-hybridized carbons (Fsp3) is 0.571. The van der Waals surface area contributed by atoms with Crippen LogP contribution in [0.25, 0.3) is 0 Å². The Labute approximate surface area is 132 Å². The lowest BCUT2D eigenvalue weighted by Gasteiger charge is -2.25. The molecule has 0 fully saturated rings. The van der Waals surface area contributed by atoms with E-state index in [9.17, 15) is 14.7 Å². The van der Waals surface area contributed by atoms with Crippen molar-refractivity contribution in [3.8, 4) is 0 Å². The lowest BCUT2D eigenvalue weighted by molar-refractivity contribution is -0.121. The van der Waals surface area contributed by atoms with Gasteiger partial charge in [0.2, 0.25) is 5.91 Å². The molecule has 0 aliphatic heterocycles. The second-order valence-corrected chi connectivity index (χ2v) is 6.44. The van der Waals surface area contributed by atoms with Gasteiger partial charge in [0.1, 0.15) is 0 Å². The number of carbonyl (C=O) groups is 2. The van der Waals surface area contributed by atoms with E-state index in [1.54, 1.807) is 13.0 Å². The van der Waals surface area contributed by atoms with Gasteiger partial charge in [-0.05, 0) is 47.3 Å². The fourth-order valence-electron chi connectivity index (χ4n) is 1.99. The number of carbonyl (C=O) groups excluding carboxylic acids is 2. The highest BCUT2D eigenvalue weighted by Gasteiger charge is 2.22. The normalized spacial score (nSPS) is 13.8. The largest absolute Gasteiger partial charge is 0.444 e. The van der Waals surface area contributed by atoms with Crippen molar-refractivity contribution in [3.63, 3.8) is 0 Å². The number of amides is 2. The van der Waals surface area contributed by atoms with Gasteiger partial charge in [0, 0.05) is 6.54 Å². The first-order valence-electron chi connectivity index (χ1n) is 6.72. The van der Waals surface area contributed by atoms with Gasteiger partial charge in [0.25, 0.3) is 5.91 Å². The van der Waals surface area contributed by atoms with Crippen molar-refractivity contribution in [2.24, 2.45) is 5.92 Å². The molecular weight excluding hydrogens is 340 g/mol. The third-order valence-corrected chi connectivity index (χ3v) is 3.15. The zero-order valence-electron chi connectivity index (χ0n) is 12.4. The topological polar surface area (TPSA) is 91.6 Å². The molecule has 0 aliphatic carbocycles. The van der Waals surface area contributed by atoms with Gasteiger partial charge in [0.15, 0.2) is 10.4 Å². The Balaban J connectivity index is 2.33. The van der Waals surface area contributed by atoms with Crippen molar-refractivity contribution in [3.05, 3.63) is 22.6 Å². The summed E-state index contributed by atoms with van der Waals surface area (Å²) >= 11 is 3.09. The summed E-state index contributed by atoms with van der Waals surface area (Å²) in [6, 6.07) is 3.10. The lowest BCUT2D eigenvalue weighted by atomic mass is 9.94. The van der Waals surface area contributed by atoms with E-state index < -0.39 is 11.5 Å². The summed E-state index contributed by atoms with van der Waals surface area (Å²) in [5, 5.41) is 15.1. The minimum Gasteiger partial charge on any atom is -0.444 e. The molecule has 1 atom stereocenters. The Morgan fingerprint density at radius 2 is 2.05 bits per heavy atom. The molecule has 1 aromatic heterocycles. The van der Waals surface area contributed by atoms with Crippen LogP contribution in [0.15, 0.2) is 21.2 Å². The van der Waals surface area contributed by atoms with Crippen molar-refractivity contribution in [2.75, 3.05) is 13.1 Å². The molecule has 1 aromatic rings. The number of hydrogen-bond donors (Lipinski definition) is 3. The minimum atomic E-state index is -0.959. The zero-order chi connectivity index (χ0) is 16.0. The fourth-order valence-corrected chi connectivity index (χ4v) is 2.29. The highest BCUT2D eigenvalue weighted by Crippen LogP contribution is 2.15. The molecule has 0 aromatic carbocycles. The van der Waals surface area contributed by atoms with Gasteiger partial charge in [-0.3, -0.25) is 9.59 Å². The Morgan fingerprint density at radius 1 is 1.38 bits per heavy atom. The molecule has 0 aliphatic rings. The van der Waals surface area contributed by atoms with E-state index in [-0.39, 0.29) is 24.8 Å². The van der Waals surface area contributed by atoms with E-state index in [2.05, 4.69) is 26.6 Å². The molecule has 7 heteroatoms. The highest BCUT2D eigenvalue weighted by atomic mass is 79.9. The average molecular weight is 361 g/mol. The lowest BCUT2D eigenvalue weighted by Crippen LogP contribution is -2.45. The molecule has 1 heterocycles. The highest BCUT2D eigenvalue weighted by molar-refractivity contribution is 9.10. The van der Waals surface area contributed by atoms with Gasteiger partial charge >= 0.3 is 0 Å². The van der Waals surface area contributed by atoms with E-state index in [4.69, 9.17) is 4.42 Å². The first-order chi connectivity index (χ1) is 9.69. The Hall–Kier alpha value is -1.34. The van der Waals surface area contributed by atoms with E-state index >= 15 is 0 Å². The predicted molar refractivity (Wildman–Crippen MR) is 81.8 cm³/mol. The summed E-state index contributed by atoms with van der Waals surface area (Å²) in [4.78, 5) is 23.3. The maximum absolute atomic E-state index is 11.7. The number of halogens is 1. The number of furan rings is 1. The number of rotatable bonds is 7. The maximum Gasteiger partial charge on any atom is 0.287 e. The molecule has 3 N–H and O–H groups in total. The van der Waals surface area contributed by atoms with Gasteiger partial charge in [-0.1, -0.05) is 13.8 Å². The summed E-state index contributed by atoms with van der Waals surface area (Å²) in [7, 11) is 0. The van der Waals surface area contributed by atoms with Crippen LogP contribution in [0, 0.1) is 5.92 Å². The summed E-state index contributed by atoms with van der Waals surface area (Å²) in [6.07, 6.45) is 0.583. The number of hydrogen-bond acceptors (Lipinski definition) is 4. The number of aliphatic hydroxyl groups is 1. The van der Waals surface area contributed by atoms with E-state index in [0.717, 1.165) is 0 Å². The molecule has 21 heavy (non-hydrogen) atoms. The quantitative estimate of drug-likeness (QED) is 0.689. The Bertz CT molecular complexity index is 497. The van der Waals surface area contributed by atoms with E-state index in [1.165, 1.54) is 6.07 Å². The maximum atomic E-state index is 11.7. The molecule has 0 bridgehead atoms. The Kier molecular flexibility index (Phi) is 6.42. The van der Waals surface area contributed by atoms with Crippen LogP contribution in [-0.4, -0.2) is 35.6 Å². The molecule has 0 saturated carbocycles. The minimum absolute atomic E-state index is 0.126. The van der Waals surface area contributed by atoms with E-state index in [0.29, 0.717) is 17.0 Å². The van der Waals surface area contributed by atoms with Crippen LogP contribution < -0.4 is 10.6 Å². The van der Waals surface area contributed by atoms with Crippen LogP contribution in [-0.2, 0) is 4.79 Å². The molecule has 0 radical (unpaired) electrons. The van der Waals surface area contributed by atoms with Gasteiger partial charge in [-0.25, -0.2) is 0 Å². The molecule has 2 amide bonds. The van der Waals surface area contributed by atoms with Crippen LogP contribution >= 0.6 is 15.9 Å². The molecule has 6 nitrogen and oxygen atoms in total. The van der Waals surface area contributed by atoms with Crippen molar-refractivity contribution in [1.82, 2.24) is 10.6 Å². The molecule has 1 unspecified atom stereocenters. The second kappa shape index (κ2) is 7.61. The zero-order valence-corrected chi connectivity index (χ0v) is 14.0. The predicted octanol–water partition coefficient (Wildman–Crippen LogP) is 1.69. The molecular formula is C14H21BrN2O4. The SMILES string of the molecule is CC(C)CC(C)(O)CNC(=O)CNC(=O)c1ccc(Br)o1. The monoisotopic (exact) mass is 360 g/mol. The van der Waals surface area contributed by atoms with Gasteiger partial charge in [-0.2, -0.15) is 0 Å². The summed E-state index contributed by atoms with van der Waals surface area (Å²) in [5.74, 6) is -0.377. The van der Waals surface area contributed by atoms with Crippen LogP contribution in [0.4, 0.5) is 0 Å². The summed E-state index contributed by atoms with van der Waals surface area (Å²) in [6.45, 7) is 5.64. The van der Waals surface area contributed by atoms with Crippen molar-refractivity contribution >= 4 is 27.7 Å². The van der Waals surface area contributed by atoms with Gasteiger partial charge < -0.3 is 20.2 Å². The van der Waals surface area contributed by atoms with Crippen molar-refractivity contribution < 1.29 is 19.1 Å². The average Bonchev–Trinajstić information content (AvgIpc) is 2.79. The summed E-state index contributed by atoms with van der Waals surface area (Å²) < 4.78 is 5.51. The molecule has 0 spiro atoms. The molecule has 118 valence electrons. The molecule has 0 saturated heterocycles. The van der Waals surface area contributed by atoms with Crippen LogP contribution in [0.2, 0.25) is 0 Å². The standard InChI is InChI=1S/C14H21BrN2O4/c1-9(2)6-14(3,20)8-17-12(18)7-16-13(19)10-4-5-11(15)21-10/h4-5,9,20H,6-8H2,1-3H3,(H,16,19)(H,17,18). The third kappa shape index (κ3) is 6.77. The second-order valence-electron chi connectivity index (χ2n) is 5.66. The van der Waals surface area contributed by atoms with Gasteiger partial charge in [0.05, 0.1) is 12.1 Å². The van der Waals surface area contributed by atoms with Crippen molar-refractivity contribution in [2.45, 2.75) is 32.8 Å². The third-order valence-electron chi connectivity index (χ3n) is 2.72. The van der Waals surface area contributed by atoms with E-state index in [1.807, 2.05) is 13.8 Å². The van der Waals surface area contributed by atoms with Crippen molar-refractivity contribution in [1.29, 1.82) is 0 Å². The van der Waals surface area contributed by atoms with Crippen LogP contribution in [0.1, 0.15) is 37.7 Å². The first-order valence-corrected chi connectivity index (χ1v) is 7.51. The van der Waals surface area contributed by atoms with Crippen LogP contribution in [0.3, 0.4) is 0 Å². The summed E-state index contributed by atoms with van der Waals surface area (Å²) in [5.41, 5.74) is -0.959. The first kappa shape index (κ1) is 17.7. The molecule has 1 rings (SSSR count).